The number of hydrogen-bond donors (Lipinski definition) is 0. The van der Waals surface area contributed by atoms with Crippen LogP contribution in [0, 0.1) is 17.3 Å². The average Bonchev–Trinajstić information content (AvgIpc) is 2.84. The predicted octanol–water partition coefficient (Wildman–Crippen LogP) is 6.69. The molecule has 0 N–H and O–H groups in total. The van der Waals surface area contributed by atoms with Gasteiger partial charge in [0.25, 0.3) is 0 Å². The summed E-state index contributed by atoms with van der Waals surface area (Å²) in [6.45, 7) is 6.49. The number of piperidine rings is 2. The van der Waals surface area contributed by atoms with Crippen LogP contribution >= 0.6 is 0 Å². The summed E-state index contributed by atoms with van der Waals surface area (Å²) in [7, 11) is 0. The first-order valence-corrected chi connectivity index (χ1v) is 13.6. The summed E-state index contributed by atoms with van der Waals surface area (Å²) in [4.78, 5) is 5.80. The van der Waals surface area contributed by atoms with Gasteiger partial charge in [-0.2, -0.15) is 0 Å². The van der Waals surface area contributed by atoms with Gasteiger partial charge in [-0.15, -0.1) is 0 Å². The summed E-state index contributed by atoms with van der Waals surface area (Å²) >= 11 is 0. The first kappa shape index (κ1) is 22.4. The van der Waals surface area contributed by atoms with Crippen molar-refractivity contribution in [2.45, 2.75) is 76.7 Å². The van der Waals surface area contributed by atoms with E-state index in [0.717, 1.165) is 30.7 Å². The third-order valence-electron chi connectivity index (χ3n) is 8.91. The van der Waals surface area contributed by atoms with Crippen LogP contribution in [-0.2, 0) is 0 Å². The van der Waals surface area contributed by atoms with Crippen LogP contribution < -0.4 is 0 Å². The van der Waals surface area contributed by atoms with Crippen molar-refractivity contribution in [1.29, 1.82) is 0 Å². The second-order valence-electron chi connectivity index (χ2n) is 11.1. The Bertz CT molecular complexity index is 772. The van der Waals surface area contributed by atoms with Gasteiger partial charge in [-0.1, -0.05) is 60.3 Å². The van der Waals surface area contributed by atoms with Crippen LogP contribution in [0.3, 0.4) is 0 Å². The van der Waals surface area contributed by atoms with E-state index in [9.17, 15) is 0 Å². The minimum absolute atomic E-state index is 0.458. The van der Waals surface area contributed by atoms with Gasteiger partial charge >= 0.3 is 0 Å². The summed E-state index contributed by atoms with van der Waals surface area (Å²) in [5, 5.41) is 0. The number of hydrogen-bond acceptors (Lipinski definition) is 2. The second kappa shape index (κ2) is 10.7. The number of allylic oxidation sites excluding steroid dienone is 8. The molecule has 0 aromatic heterocycles. The second-order valence-corrected chi connectivity index (χ2v) is 11.1. The molecule has 1 saturated carbocycles. The molecule has 1 aliphatic carbocycles. The highest BCUT2D eigenvalue weighted by Gasteiger charge is 2.55. The van der Waals surface area contributed by atoms with Gasteiger partial charge < -0.3 is 4.90 Å². The number of fused-ring (bicyclic) bond motifs is 1. The van der Waals surface area contributed by atoms with Crippen molar-refractivity contribution in [3.05, 3.63) is 60.3 Å². The SMILES string of the molecule is C1=C\CC/C=C/C[C@@]23CN(CC/C=C\C/1)C[C@H]1C/C4=C/C/C=C/CCCCN(C2)[C@@H]4C[C@@H]13. The van der Waals surface area contributed by atoms with Crippen molar-refractivity contribution >= 4 is 0 Å². The van der Waals surface area contributed by atoms with Crippen molar-refractivity contribution in [1.82, 2.24) is 9.80 Å². The molecule has 2 heteroatoms. The zero-order chi connectivity index (χ0) is 21.6. The van der Waals surface area contributed by atoms with Gasteiger partial charge in [0.05, 0.1) is 0 Å². The van der Waals surface area contributed by atoms with Crippen molar-refractivity contribution in [3.63, 3.8) is 0 Å². The number of rotatable bonds is 0. The van der Waals surface area contributed by atoms with Gasteiger partial charge in [0, 0.05) is 37.6 Å². The monoisotopic (exact) mass is 432 g/mol. The molecule has 0 radical (unpaired) electrons. The minimum Gasteiger partial charge on any atom is -0.302 e. The van der Waals surface area contributed by atoms with Crippen molar-refractivity contribution in [2.24, 2.45) is 17.3 Å². The summed E-state index contributed by atoms with van der Waals surface area (Å²) in [5.41, 5.74) is 2.24. The van der Waals surface area contributed by atoms with E-state index in [-0.39, 0.29) is 0 Å². The molecule has 174 valence electrons. The lowest BCUT2D eigenvalue weighted by Gasteiger charge is -2.62. The molecule has 2 nitrogen and oxygen atoms in total. The van der Waals surface area contributed by atoms with E-state index in [2.05, 4.69) is 64.5 Å². The smallest absolute Gasteiger partial charge is 0.0310 e. The Kier molecular flexibility index (Phi) is 7.49. The van der Waals surface area contributed by atoms with Crippen LogP contribution in [0.2, 0.25) is 0 Å². The van der Waals surface area contributed by atoms with Crippen LogP contribution in [0.1, 0.15) is 70.6 Å². The van der Waals surface area contributed by atoms with E-state index in [1.165, 1.54) is 90.5 Å². The van der Waals surface area contributed by atoms with Crippen molar-refractivity contribution in [2.75, 3.05) is 32.7 Å². The van der Waals surface area contributed by atoms with Gasteiger partial charge in [0.15, 0.2) is 0 Å². The topological polar surface area (TPSA) is 6.48 Å². The molecule has 0 amide bonds. The quantitative estimate of drug-likeness (QED) is 0.394. The molecular formula is C30H44N2. The molecule has 32 heavy (non-hydrogen) atoms. The summed E-state index contributed by atoms with van der Waals surface area (Å²) < 4.78 is 0. The van der Waals surface area contributed by atoms with Gasteiger partial charge in [-0.3, -0.25) is 4.90 Å². The van der Waals surface area contributed by atoms with E-state index < -0.39 is 0 Å². The van der Waals surface area contributed by atoms with Gasteiger partial charge in [-0.05, 0) is 89.0 Å². The molecule has 1 unspecified atom stereocenters. The molecule has 3 fully saturated rings. The van der Waals surface area contributed by atoms with Crippen molar-refractivity contribution < 1.29 is 0 Å². The Morgan fingerprint density at radius 3 is 2.50 bits per heavy atom. The highest BCUT2D eigenvalue weighted by atomic mass is 15.2. The summed E-state index contributed by atoms with van der Waals surface area (Å²) in [6.07, 6.45) is 35.9. The third kappa shape index (κ3) is 5.07. The fourth-order valence-electron chi connectivity index (χ4n) is 7.44. The normalized spacial score (nSPS) is 44.4. The zero-order valence-corrected chi connectivity index (χ0v) is 20.1. The Morgan fingerprint density at radius 1 is 0.750 bits per heavy atom. The largest absolute Gasteiger partial charge is 0.302 e. The Labute approximate surface area is 196 Å². The van der Waals surface area contributed by atoms with Crippen LogP contribution in [0.5, 0.6) is 0 Å². The fraction of sp³-hybridized carbons (Fsp3) is 0.667. The first-order chi connectivity index (χ1) is 15.8. The molecule has 5 rings (SSSR count). The van der Waals surface area contributed by atoms with Gasteiger partial charge in [0.1, 0.15) is 0 Å². The van der Waals surface area contributed by atoms with Crippen LogP contribution in [0.15, 0.2) is 60.3 Å². The molecule has 5 aliphatic rings. The zero-order valence-electron chi connectivity index (χ0n) is 20.1. The lowest BCUT2D eigenvalue weighted by molar-refractivity contribution is -0.102. The Morgan fingerprint density at radius 2 is 1.56 bits per heavy atom. The molecule has 4 bridgehead atoms. The molecule has 4 aliphatic heterocycles. The fourth-order valence-corrected chi connectivity index (χ4v) is 7.44. The molecule has 1 spiro atoms. The predicted molar refractivity (Wildman–Crippen MR) is 137 cm³/mol. The van der Waals surface area contributed by atoms with Crippen LogP contribution in [0.25, 0.3) is 0 Å². The Balaban J connectivity index is 1.44. The van der Waals surface area contributed by atoms with E-state index in [1.54, 1.807) is 5.57 Å². The molecule has 2 saturated heterocycles. The van der Waals surface area contributed by atoms with Gasteiger partial charge in [-0.25, -0.2) is 0 Å². The maximum atomic E-state index is 2.94. The van der Waals surface area contributed by atoms with Gasteiger partial charge in [0.2, 0.25) is 0 Å². The average molecular weight is 433 g/mol. The van der Waals surface area contributed by atoms with E-state index >= 15 is 0 Å². The highest BCUT2D eigenvalue weighted by molar-refractivity contribution is 5.24. The van der Waals surface area contributed by atoms with E-state index in [1.807, 2.05) is 0 Å². The molecule has 5 atom stereocenters. The first-order valence-electron chi connectivity index (χ1n) is 13.6. The van der Waals surface area contributed by atoms with Crippen LogP contribution in [-0.4, -0.2) is 48.6 Å². The highest BCUT2D eigenvalue weighted by Crippen LogP contribution is 2.55. The molecule has 0 aromatic carbocycles. The lowest BCUT2D eigenvalue weighted by atomic mass is 9.55. The molecule has 0 aromatic rings. The standard InChI is InChI=1S/C30H44N2/c1-2-4-7-11-15-19-31-23-27-21-26-17-13-9-5-8-12-16-20-32-25-30(24-31,18-14-10-6-3-1)28(27)22-29(26)32/h1-2,5,7,9-11,14,17,27-29H,3-4,6,8,12-13,15-16,18-25H2/b2-1-,9-5+,11-7-,14-10+,26-17-/t27-,28+,29-,30-/m1/s1. The summed E-state index contributed by atoms with van der Waals surface area (Å²) in [6, 6.07) is 0.730. The van der Waals surface area contributed by atoms with Crippen molar-refractivity contribution in [3.8, 4) is 0 Å². The van der Waals surface area contributed by atoms with Crippen LogP contribution in [0.4, 0.5) is 0 Å². The van der Waals surface area contributed by atoms with E-state index in [0.29, 0.717) is 5.41 Å². The summed E-state index contributed by atoms with van der Waals surface area (Å²) in [5.74, 6) is 1.77. The Hall–Kier alpha value is -1.38. The lowest BCUT2D eigenvalue weighted by Crippen LogP contribution is -2.65. The number of nitrogens with zero attached hydrogens (tertiary/aromatic N) is 2. The minimum atomic E-state index is 0.458. The van der Waals surface area contributed by atoms with E-state index in [4.69, 9.17) is 0 Å². The maximum absolute atomic E-state index is 2.94. The molecular weight excluding hydrogens is 388 g/mol. The molecule has 4 heterocycles. The maximum Gasteiger partial charge on any atom is 0.0310 e. The third-order valence-corrected chi connectivity index (χ3v) is 8.91.